The largest absolute Gasteiger partial charge is 0.478 e. The van der Waals surface area contributed by atoms with Gasteiger partial charge in [-0.2, -0.15) is 0 Å². The Morgan fingerprint density at radius 2 is 2.15 bits per heavy atom. The second-order valence-corrected chi connectivity index (χ2v) is 8.63. The number of pyridine rings is 2. The number of hydrogen-bond donors (Lipinski definition) is 1. The van der Waals surface area contributed by atoms with Crippen LogP contribution in [-0.4, -0.2) is 53.1 Å². The molecule has 0 aromatic carbocycles. The normalized spacial score (nSPS) is 18.6. The van der Waals surface area contributed by atoms with E-state index in [1.165, 1.54) is 12.5 Å². The molecule has 0 radical (unpaired) electrons. The maximum Gasteiger partial charge on any atom is 0.337 e. The van der Waals surface area contributed by atoms with E-state index in [0.29, 0.717) is 24.3 Å². The fourth-order valence-electron chi connectivity index (χ4n) is 3.28. The van der Waals surface area contributed by atoms with Crippen molar-refractivity contribution in [2.45, 2.75) is 19.3 Å². The number of carboxylic acid groups (broad SMARTS) is 1. The molecule has 3 heterocycles. The summed E-state index contributed by atoms with van der Waals surface area (Å²) in [6.45, 7) is 1.12. The van der Waals surface area contributed by atoms with E-state index < -0.39 is 16.0 Å². The summed E-state index contributed by atoms with van der Waals surface area (Å²) < 4.78 is 25.1. The minimum atomic E-state index is -3.16. The Morgan fingerprint density at radius 1 is 1.35 bits per heavy atom. The molecule has 1 saturated heterocycles. The molecule has 7 nitrogen and oxygen atoms in total. The summed E-state index contributed by atoms with van der Waals surface area (Å²) in [6.07, 6.45) is 8.44. The van der Waals surface area contributed by atoms with Crippen molar-refractivity contribution in [3.8, 4) is 11.3 Å². The molecule has 0 bridgehead atoms. The van der Waals surface area contributed by atoms with Gasteiger partial charge in [-0.3, -0.25) is 9.97 Å². The van der Waals surface area contributed by atoms with E-state index in [9.17, 15) is 13.2 Å². The molecule has 0 saturated carbocycles. The molecule has 0 amide bonds. The van der Waals surface area contributed by atoms with Crippen LogP contribution in [0, 0.1) is 5.92 Å². The van der Waals surface area contributed by atoms with Gasteiger partial charge in [0, 0.05) is 37.2 Å². The molecular weight excluding hydrogens is 354 g/mol. The molecule has 0 spiro atoms. The predicted octanol–water partition coefficient (Wildman–Crippen LogP) is 2.06. The zero-order chi connectivity index (χ0) is 18.7. The van der Waals surface area contributed by atoms with Gasteiger partial charge in [0.15, 0.2) is 0 Å². The monoisotopic (exact) mass is 375 g/mol. The van der Waals surface area contributed by atoms with Gasteiger partial charge in [-0.1, -0.05) is 0 Å². The van der Waals surface area contributed by atoms with Gasteiger partial charge in [0.2, 0.25) is 10.0 Å². The number of carboxylic acids is 1. The number of aromatic carboxylic acids is 1. The Kier molecular flexibility index (Phi) is 5.33. The summed E-state index contributed by atoms with van der Waals surface area (Å²) in [7, 11) is -3.16. The van der Waals surface area contributed by atoms with E-state index in [1.807, 2.05) is 12.1 Å². The highest BCUT2D eigenvalue weighted by Crippen LogP contribution is 2.24. The first kappa shape index (κ1) is 18.5. The van der Waals surface area contributed by atoms with Crippen molar-refractivity contribution >= 4 is 16.0 Å². The second kappa shape index (κ2) is 7.51. The van der Waals surface area contributed by atoms with Crippen molar-refractivity contribution in [2.75, 3.05) is 19.3 Å². The van der Waals surface area contributed by atoms with Gasteiger partial charge in [0.05, 0.1) is 17.5 Å². The standard InChI is InChI=1S/C18H21N3O4S/c1-26(24,25)21-6-2-3-14(12-21)7-13-4-5-20-17(8-13)15-9-16(18(22)23)11-19-10-15/h4-5,8-11,14H,2-3,6-7,12H2,1H3,(H,22,23)/t14-/m0/s1. The van der Waals surface area contributed by atoms with Crippen LogP contribution in [-0.2, 0) is 16.4 Å². The highest BCUT2D eigenvalue weighted by atomic mass is 32.2. The zero-order valence-corrected chi connectivity index (χ0v) is 15.3. The lowest BCUT2D eigenvalue weighted by Crippen LogP contribution is -2.39. The summed E-state index contributed by atoms with van der Waals surface area (Å²) >= 11 is 0. The summed E-state index contributed by atoms with van der Waals surface area (Å²) in [5, 5.41) is 9.10. The van der Waals surface area contributed by atoms with Crippen LogP contribution >= 0.6 is 0 Å². The third-order valence-electron chi connectivity index (χ3n) is 4.58. The fourth-order valence-corrected chi connectivity index (χ4v) is 4.23. The summed E-state index contributed by atoms with van der Waals surface area (Å²) in [5.41, 5.74) is 2.48. The lowest BCUT2D eigenvalue weighted by atomic mass is 9.92. The summed E-state index contributed by atoms with van der Waals surface area (Å²) in [4.78, 5) is 19.4. The van der Waals surface area contributed by atoms with E-state index in [4.69, 9.17) is 5.11 Å². The zero-order valence-electron chi connectivity index (χ0n) is 14.5. The third-order valence-corrected chi connectivity index (χ3v) is 5.85. The summed E-state index contributed by atoms with van der Waals surface area (Å²) in [5.74, 6) is -0.768. The van der Waals surface area contributed by atoms with Crippen LogP contribution in [0.15, 0.2) is 36.8 Å². The van der Waals surface area contributed by atoms with Gasteiger partial charge < -0.3 is 5.11 Å². The van der Waals surface area contributed by atoms with E-state index in [2.05, 4.69) is 9.97 Å². The van der Waals surface area contributed by atoms with Gasteiger partial charge >= 0.3 is 5.97 Å². The molecule has 1 atom stereocenters. The predicted molar refractivity (Wildman–Crippen MR) is 97.3 cm³/mol. The molecule has 26 heavy (non-hydrogen) atoms. The van der Waals surface area contributed by atoms with Crippen molar-refractivity contribution in [3.05, 3.63) is 47.9 Å². The lowest BCUT2D eigenvalue weighted by molar-refractivity contribution is 0.0696. The molecule has 1 aliphatic rings. The van der Waals surface area contributed by atoms with Crippen LogP contribution in [0.5, 0.6) is 0 Å². The van der Waals surface area contributed by atoms with Gasteiger partial charge in [-0.15, -0.1) is 0 Å². The van der Waals surface area contributed by atoms with Crippen LogP contribution in [0.1, 0.15) is 28.8 Å². The number of rotatable bonds is 5. The van der Waals surface area contributed by atoms with Gasteiger partial charge in [0.25, 0.3) is 0 Å². The van der Waals surface area contributed by atoms with Crippen LogP contribution in [0.3, 0.4) is 0 Å². The van der Waals surface area contributed by atoms with Crippen LogP contribution in [0.4, 0.5) is 0 Å². The summed E-state index contributed by atoms with van der Waals surface area (Å²) in [6, 6.07) is 5.38. The molecule has 0 aliphatic carbocycles. The van der Waals surface area contributed by atoms with E-state index in [-0.39, 0.29) is 11.5 Å². The quantitative estimate of drug-likeness (QED) is 0.858. The molecule has 2 aromatic rings. The number of nitrogens with zero attached hydrogens (tertiary/aromatic N) is 3. The van der Waals surface area contributed by atoms with Crippen molar-refractivity contribution < 1.29 is 18.3 Å². The van der Waals surface area contributed by atoms with Gasteiger partial charge in [0.1, 0.15) is 0 Å². The van der Waals surface area contributed by atoms with E-state index in [1.54, 1.807) is 22.8 Å². The molecule has 0 unspecified atom stereocenters. The van der Waals surface area contributed by atoms with Crippen LogP contribution < -0.4 is 0 Å². The average Bonchev–Trinajstić information content (AvgIpc) is 2.61. The van der Waals surface area contributed by atoms with Crippen molar-refractivity contribution in [1.29, 1.82) is 0 Å². The van der Waals surface area contributed by atoms with Crippen LogP contribution in [0.25, 0.3) is 11.3 Å². The Bertz CT molecular complexity index is 914. The minimum Gasteiger partial charge on any atom is -0.478 e. The van der Waals surface area contributed by atoms with Crippen molar-refractivity contribution in [1.82, 2.24) is 14.3 Å². The smallest absolute Gasteiger partial charge is 0.337 e. The minimum absolute atomic E-state index is 0.116. The molecule has 138 valence electrons. The van der Waals surface area contributed by atoms with Crippen molar-refractivity contribution in [3.63, 3.8) is 0 Å². The Labute approximate surface area is 152 Å². The SMILES string of the molecule is CS(=O)(=O)N1CCC[C@@H](Cc2ccnc(-c3cncc(C(=O)O)c3)c2)C1. The van der Waals surface area contributed by atoms with Gasteiger partial charge in [-0.25, -0.2) is 17.5 Å². The highest BCUT2D eigenvalue weighted by molar-refractivity contribution is 7.88. The topological polar surface area (TPSA) is 100 Å². The maximum atomic E-state index is 11.8. The second-order valence-electron chi connectivity index (χ2n) is 6.65. The molecule has 8 heteroatoms. The maximum absolute atomic E-state index is 11.8. The Balaban J connectivity index is 1.77. The van der Waals surface area contributed by atoms with E-state index in [0.717, 1.165) is 24.8 Å². The first-order valence-corrected chi connectivity index (χ1v) is 10.3. The number of carbonyl (C=O) groups is 1. The highest BCUT2D eigenvalue weighted by Gasteiger charge is 2.26. The third kappa shape index (κ3) is 4.44. The fraction of sp³-hybridized carbons (Fsp3) is 0.389. The number of aromatic nitrogens is 2. The van der Waals surface area contributed by atoms with Gasteiger partial charge in [-0.05, 0) is 48.9 Å². The lowest BCUT2D eigenvalue weighted by Gasteiger charge is -2.31. The molecular formula is C18H21N3O4S. The van der Waals surface area contributed by atoms with Crippen LogP contribution in [0.2, 0.25) is 0 Å². The first-order chi connectivity index (χ1) is 12.3. The van der Waals surface area contributed by atoms with E-state index >= 15 is 0 Å². The number of piperidine rings is 1. The average molecular weight is 375 g/mol. The molecule has 1 aliphatic heterocycles. The Hall–Kier alpha value is -2.32. The number of sulfonamides is 1. The molecule has 1 fully saturated rings. The number of hydrogen-bond acceptors (Lipinski definition) is 5. The first-order valence-electron chi connectivity index (χ1n) is 8.41. The molecule has 1 N–H and O–H groups in total. The molecule has 2 aromatic heterocycles. The molecule has 3 rings (SSSR count). The Morgan fingerprint density at radius 3 is 2.88 bits per heavy atom. The van der Waals surface area contributed by atoms with Crippen molar-refractivity contribution in [2.24, 2.45) is 5.92 Å².